The van der Waals surface area contributed by atoms with Gasteiger partial charge >= 0.3 is 0 Å². The normalized spacial score (nSPS) is 23.6. The van der Waals surface area contributed by atoms with Crippen molar-refractivity contribution in [2.45, 2.75) is 46.5 Å². The van der Waals surface area contributed by atoms with Crippen LogP contribution in [0.4, 0.5) is 0 Å². The molecule has 25 heavy (non-hydrogen) atoms. The van der Waals surface area contributed by atoms with E-state index in [0.29, 0.717) is 0 Å². The molecule has 2 rings (SSSR count). The molecule has 1 unspecified atom stereocenters. The van der Waals surface area contributed by atoms with E-state index in [1.165, 1.54) is 51.9 Å². The van der Waals surface area contributed by atoms with Gasteiger partial charge in [0.05, 0.1) is 0 Å². The van der Waals surface area contributed by atoms with Crippen LogP contribution in [0.25, 0.3) is 0 Å². The highest BCUT2D eigenvalue weighted by Gasteiger charge is 2.26. The molecule has 0 aromatic rings. The van der Waals surface area contributed by atoms with Crippen molar-refractivity contribution >= 4 is 5.96 Å². The minimum absolute atomic E-state index is 0.789. The third-order valence-electron chi connectivity index (χ3n) is 6.20. The van der Waals surface area contributed by atoms with Gasteiger partial charge in [-0.3, -0.25) is 4.99 Å². The average molecular weight is 352 g/mol. The number of aliphatic imine (C=N–C) groups is 1. The van der Waals surface area contributed by atoms with Crippen molar-refractivity contribution in [3.8, 4) is 0 Å². The van der Waals surface area contributed by atoms with E-state index in [1.54, 1.807) is 0 Å². The average Bonchev–Trinajstić information content (AvgIpc) is 3.12. The van der Waals surface area contributed by atoms with Gasteiger partial charge in [-0.2, -0.15) is 0 Å². The van der Waals surface area contributed by atoms with Gasteiger partial charge in [-0.25, -0.2) is 0 Å². The summed E-state index contributed by atoms with van der Waals surface area (Å²) in [5.74, 6) is 2.80. The first-order valence-corrected chi connectivity index (χ1v) is 10.6. The van der Waals surface area contributed by atoms with Crippen molar-refractivity contribution in [3.05, 3.63) is 0 Å². The Kier molecular flexibility index (Phi) is 9.04. The number of nitrogens with one attached hydrogen (secondary N) is 1. The zero-order valence-electron chi connectivity index (χ0n) is 17.1. The maximum absolute atomic E-state index is 4.54. The molecular weight excluding hydrogens is 310 g/mol. The highest BCUT2D eigenvalue weighted by Crippen LogP contribution is 2.20. The van der Waals surface area contributed by atoms with Gasteiger partial charge in [0.25, 0.3) is 0 Å². The number of hydrogen-bond donors (Lipinski definition) is 1. The first-order chi connectivity index (χ1) is 12.2. The Bertz CT molecular complexity index is 386. The first-order valence-electron chi connectivity index (χ1n) is 10.6. The smallest absolute Gasteiger partial charge is 0.193 e. The van der Waals surface area contributed by atoms with E-state index >= 15 is 0 Å². The van der Waals surface area contributed by atoms with Crippen LogP contribution in [0.15, 0.2) is 4.99 Å². The molecule has 0 bridgehead atoms. The number of guanidine groups is 1. The monoisotopic (exact) mass is 351 g/mol. The van der Waals surface area contributed by atoms with Gasteiger partial charge in [0.15, 0.2) is 5.96 Å². The summed E-state index contributed by atoms with van der Waals surface area (Å²) in [5.41, 5.74) is 0. The lowest BCUT2D eigenvalue weighted by atomic mass is 9.93. The van der Waals surface area contributed by atoms with Gasteiger partial charge in [-0.05, 0) is 70.2 Å². The third-order valence-corrected chi connectivity index (χ3v) is 6.20. The SMILES string of the molecule is CCN1CCC(CCNC(=NC)N2CCC(CN(CC)CC)C2)CC1. The molecule has 2 aliphatic heterocycles. The van der Waals surface area contributed by atoms with E-state index in [2.05, 4.69) is 45.8 Å². The molecule has 2 heterocycles. The van der Waals surface area contributed by atoms with E-state index in [-0.39, 0.29) is 0 Å². The summed E-state index contributed by atoms with van der Waals surface area (Å²) < 4.78 is 0. The minimum atomic E-state index is 0.789. The summed E-state index contributed by atoms with van der Waals surface area (Å²) in [4.78, 5) is 12.1. The van der Waals surface area contributed by atoms with E-state index < -0.39 is 0 Å². The van der Waals surface area contributed by atoms with Crippen molar-refractivity contribution < 1.29 is 0 Å². The second-order valence-corrected chi connectivity index (χ2v) is 7.73. The van der Waals surface area contributed by atoms with E-state index in [1.807, 2.05) is 7.05 Å². The number of nitrogens with zero attached hydrogens (tertiary/aromatic N) is 4. The Balaban J connectivity index is 1.67. The highest BCUT2D eigenvalue weighted by molar-refractivity contribution is 5.80. The molecule has 0 saturated carbocycles. The fourth-order valence-corrected chi connectivity index (χ4v) is 4.33. The first kappa shape index (κ1) is 20.5. The Hall–Kier alpha value is -0.810. The molecule has 1 atom stereocenters. The van der Waals surface area contributed by atoms with Gasteiger partial charge in [0.2, 0.25) is 0 Å². The zero-order valence-corrected chi connectivity index (χ0v) is 17.1. The fraction of sp³-hybridized carbons (Fsp3) is 0.950. The molecule has 2 aliphatic rings. The molecule has 0 aromatic carbocycles. The molecule has 5 nitrogen and oxygen atoms in total. The molecule has 5 heteroatoms. The van der Waals surface area contributed by atoms with Crippen molar-refractivity contribution in [1.82, 2.24) is 20.0 Å². The molecular formula is C20H41N5. The van der Waals surface area contributed by atoms with Gasteiger partial charge in [-0.1, -0.05) is 20.8 Å². The van der Waals surface area contributed by atoms with Gasteiger partial charge in [-0.15, -0.1) is 0 Å². The summed E-state index contributed by atoms with van der Waals surface area (Å²) in [7, 11) is 1.93. The van der Waals surface area contributed by atoms with Crippen LogP contribution in [-0.2, 0) is 0 Å². The van der Waals surface area contributed by atoms with Crippen molar-refractivity contribution in [3.63, 3.8) is 0 Å². The molecule has 0 aromatic heterocycles. The Labute approximate surface area is 155 Å². The highest BCUT2D eigenvalue weighted by atomic mass is 15.3. The number of likely N-dealkylation sites (tertiary alicyclic amines) is 2. The van der Waals surface area contributed by atoms with E-state index in [4.69, 9.17) is 0 Å². The fourth-order valence-electron chi connectivity index (χ4n) is 4.33. The van der Waals surface area contributed by atoms with E-state index in [9.17, 15) is 0 Å². The van der Waals surface area contributed by atoms with Crippen LogP contribution in [0.3, 0.4) is 0 Å². The molecule has 0 radical (unpaired) electrons. The molecule has 0 spiro atoms. The zero-order chi connectivity index (χ0) is 18.1. The second kappa shape index (κ2) is 11.0. The molecule has 1 N–H and O–H groups in total. The summed E-state index contributed by atoms with van der Waals surface area (Å²) >= 11 is 0. The molecule has 0 aliphatic carbocycles. The van der Waals surface area contributed by atoms with Gasteiger partial charge < -0.3 is 20.0 Å². The summed E-state index contributed by atoms with van der Waals surface area (Å²) in [6.45, 7) is 17.5. The predicted octanol–water partition coefficient (Wildman–Crippen LogP) is 2.35. The Morgan fingerprint density at radius 3 is 2.32 bits per heavy atom. The largest absolute Gasteiger partial charge is 0.356 e. The number of piperidine rings is 1. The van der Waals surface area contributed by atoms with Crippen LogP contribution >= 0.6 is 0 Å². The lowest BCUT2D eigenvalue weighted by molar-refractivity contribution is 0.187. The predicted molar refractivity (Wildman–Crippen MR) is 108 cm³/mol. The Morgan fingerprint density at radius 1 is 1.04 bits per heavy atom. The van der Waals surface area contributed by atoms with Crippen LogP contribution in [0.5, 0.6) is 0 Å². The summed E-state index contributed by atoms with van der Waals surface area (Å²) in [5, 5.41) is 3.63. The molecule has 146 valence electrons. The number of hydrogen-bond acceptors (Lipinski definition) is 3. The molecule has 2 saturated heterocycles. The van der Waals surface area contributed by atoms with Crippen LogP contribution in [0, 0.1) is 11.8 Å². The maximum Gasteiger partial charge on any atom is 0.193 e. The van der Waals surface area contributed by atoms with Crippen molar-refractivity contribution in [1.29, 1.82) is 0 Å². The van der Waals surface area contributed by atoms with Crippen LogP contribution in [0.2, 0.25) is 0 Å². The lowest BCUT2D eigenvalue weighted by Gasteiger charge is -2.31. The summed E-state index contributed by atoms with van der Waals surface area (Å²) in [6, 6.07) is 0. The van der Waals surface area contributed by atoms with Crippen LogP contribution in [-0.4, -0.2) is 86.6 Å². The minimum Gasteiger partial charge on any atom is -0.356 e. The second-order valence-electron chi connectivity index (χ2n) is 7.73. The third kappa shape index (κ3) is 6.45. The lowest BCUT2D eigenvalue weighted by Crippen LogP contribution is -2.42. The van der Waals surface area contributed by atoms with Crippen molar-refractivity contribution in [2.24, 2.45) is 16.8 Å². The van der Waals surface area contributed by atoms with Gasteiger partial charge in [0, 0.05) is 33.2 Å². The van der Waals surface area contributed by atoms with Crippen LogP contribution in [0.1, 0.15) is 46.5 Å². The number of rotatable bonds is 8. The van der Waals surface area contributed by atoms with Crippen LogP contribution < -0.4 is 5.32 Å². The quantitative estimate of drug-likeness (QED) is 0.538. The van der Waals surface area contributed by atoms with Crippen molar-refractivity contribution in [2.75, 3.05) is 66.0 Å². The summed E-state index contributed by atoms with van der Waals surface area (Å²) in [6.07, 6.45) is 5.31. The maximum atomic E-state index is 4.54. The standard InChI is InChI=1S/C20H41N5/c1-5-23(6-2)16-19-11-15-25(17-19)20(21-4)22-12-8-18-9-13-24(7-3)14-10-18/h18-19H,5-17H2,1-4H3,(H,21,22). The topological polar surface area (TPSA) is 34.1 Å². The molecule has 2 fully saturated rings. The molecule has 0 amide bonds. The Morgan fingerprint density at radius 2 is 1.72 bits per heavy atom. The van der Waals surface area contributed by atoms with Gasteiger partial charge in [0.1, 0.15) is 0 Å². The van der Waals surface area contributed by atoms with E-state index in [0.717, 1.165) is 50.5 Å².